The van der Waals surface area contributed by atoms with Gasteiger partial charge >= 0.3 is 0 Å². The second kappa shape index (κ2) is 5.63. The van der Waals surface area contributed by atoms with Crippen LogP contribution < -0.4 is 10.1 Å². The summed E-state index contributed by atoms with van der Waals surface area (Å²) in [6, 6.07) is 11.0. The molecule has 0 bridgehead atoms. The highest BCUT2D eigenvalue weighted by molar-refractivity contribution is 6.31. The molecule has 0 aromatic heterocycles. The molecule has 0 spiro atoms. The Labute approximate surface area is 115 Å². The first-order valence-electron chi connectivity index (χ1n) is 5.54. The molecule has 2 N–H and O–H groups in total. The van der Waals surface area contributed by atoms with Gasteiger partial charge in [0.1, 0.15) is 11.5 Å². The van der Waals surface area contributed by atoms with E-state index in [0.29, 0.717) is 22.0 Å². The standard InChI is InChI=1S/C14H12ClNO3/c1-19-13-6-5-10(15)8-12(13)16-14(18)9-3-2-4-11(17)7-9/h2-8,17H,1H3,(H,16,18). The van der Waals surface area contributed by atoms with Crippen LogP contribution in [0.3, 0.4) is 0 Å². The highest BCUT2D eigenvalue weighted by Gasteiger charge is 2.10. The molecule has 1 amide bonds. The molecule has 2 aromatic rings. The zero-order chi connectivity index (χ0) is 13.8. The first-order valence-corrected chi connectivity index (χ1v) is 5.92. The van der Waals surface area contributed by atoms with E-state index in [4.69, 9.17) is 16.3 Å². The summed E-state index contributed by atoms with van der Waals surface area (Å²) in [5.74, 6) is 0.195. The molecule has 0 aliphatic heterocycles. The number of anilines is 1. The lowest BCUT2D eigenvalue weighted by molar-refractivity contribution is 0.102. The number of carbonyl (C=O) groups is 1. The van der Waals surface area contributed by atoms with Crippen molar-refractivity contribution in [3.8, 4) is 11.5 Å². The quantitative estimate of drug-likeness (QED) is 0.905. The van der Waals surface area contributed by atoms with Crippen LogP contribution >= 0.6 is 11.6 Å². The van der Waals surface area contributed by atoms with Crippen molar-refractivity contribution in [3.63, 3.8) is 0 Å². The number of rotatable bonds is 3. The molecule has 0 radical (unpaired) electrons. The minimum Gasteiger partial charge on any atom is -0.508 e. The first kappa shape index (κ1) is 13.2. The van der Waals surface area contributed by atoms with Gasteiger partial charge in [-0.25, -0.2) is 0 Å². The van der Waals surface area contributed by atoms with Gasteiger partial charge in [0.05, 0.1) is 12.8 Å². The lowest BCUT2D eigenvalue weighted by Gasteiger charge is -2.10. The van der Waals surface area contributed by atoms with Crippen LogP contribution in [-0.4, -0.2) is 18.1 Å². The van der Waals surface area contributed by atoms with Crippen molar-refractivity contribution in [2.75, 3.05) is 12.4 Å². The molecule has 19 heavy (non-hydrogen) atoms. The average Bonchev–Trinajstić information content (AvgIpc) is 2.39. The van der Waals surface area contributed by atoms with Gasteiger partial charge in [-0.3, -0.25) is 4.79 Å². The van der Waals surface area contributed by atoms with E-state index in [0.717, 1.165) is 0 Å². The monoisotopic (exact) mass is 277 g/mol. The van der Waals surface area contributed by atoms with Crippen molar-refractivity contribution in [2.45, 2.75) is 0 Å². The van der Waals surface area contributed by atoms with Gasteiger partial charge in [0, 0.05) is 10.6 Å². The second-order valence-electron chi connectivity index (χ2n) is 3.85. The van der Waals surface area contributed by atoms with Gasteiger partial charge < -0.3 is 15.2 Å². The fourth-order valence-corrected chi connectivity index (χ4v) is 1.79. The van der Waals surface area contributed by atoms with Crippen molar-refractivity contribution in [3.05, 3.63) is 53.1 Å². The van der Waals surface area contributed by atoms with E-state index in [-0.39, 0.29) is 11.7 Å². The number of phenolic OH excluding ortho intramolecular Hbond substituents is 1. The summed E-state index contributed by atoms with van der Waals surface area (Å²) in [6.45, 7) is 0. The maximum absolute atomic E-state index is 12.0. The topological polar surface area (TPSA) is 58.6 Å². The van der Waals surface area contributed by atoms with E-state index in [9.17, 15) is 9.90 Å². The lowest BCUT2D eigenvalue weighted by Crippen LogP contribution is -2.12. The summed E-state index contributed by atoms with van der Waals surface area (Å²) < 4.78 is 5.14. The number of aromatic hydroxyl groups is 1. The third-order valence-electron chi connectivity index (χ3n) is 2.52. The fraction of sp³-hybridized carbons (Fsp3) is 0.0714. The SMILES string of the molecule is COc1ccc(Cl)cc1NC(=O)c1cccc(O)c1. The summed E-state index contributed by atoms with van der Waals surface area (Å²) >= 11 is 5.88. The summed E-state index contributed by atoms with van der Waals surface area (Å²) in [4.78, 5) is 12.0. The molecule has 4 nitrogen and oxygen atoms in total. The zero-order valence-electron chi connectivity index (χ0n) is 10.2. The molecule has 0 atom stereocenters. The van der Waals surface area contributed by atoms with Gasteiger partial charge in [-0.05, 0) is 36.4 Å². The molecule has 0 fully saturated rings. The fourth-order valence-electron chi connectivity index (χ4n) is 1.62. The largest absolute Gasteiger partial charge is 0.508 e. The summed E-state index contributed by atoms with van der Waals surface area (Å²) in [7, 11) is 1.51. The lowest BCUT2D eigenvalue weighted by atomic mass is 10.2. The number of hydrogen-bond donors (Lipinski definition) is 2. The smallest absolute Gasteiger partial charge is 0.255 e. The first-order chi connectivity index (χ1) is 9.10. The van der Waals surface area contributed by atoms with Gasteiger partial charge in [-0.2, -0.15) is 0 Å². The van der Waals surface area contributed by atoms with Crippen LogP contribution in [0.2, 0.25) is 5.02 Å². The normalized spacial score (nSPS) is 10.0. The molecule has 0 aliphatic rings. The van der Waals surface area contributed by atoms with Crippen molar-refractivity contribution in [1.82, 2.24) is 0 Å². The Bertz CT molecular complexity index is 613. The number of halogens is 1. The van der Waals surface area contributed by atoms with Crippen molar-refractivity contribution in [2.24, 2.45) is 0 Å². The number of amides is 1. The third kappa shape index (κ3) is 3.17. The number of phenols is 1. The number of benzene rings is 2. The molecular weight excluding hydrogens is 266 g/mol. The predicted molar refractivity (Wildman–Crippen MR) is 74.1 cm³/mol. The van der Waals surface area contributed by atoms with E-state index >= 15 is 0 Å². The molecule has 0 unspecified atom stereocenters. The third-order valence-corrected chi connectivity index (χ3v) is 2.75. The Morgan fingerprint density at radius 1 is 1.26 bits per heavy atom. The molecule has 2 aromatic carbocycles. The minimum atomic E-state index is -0.350. The van der Waals surface area contributed by atoms with Gasteiger partial charge in [0.15, 0.2) is 0 Å². The maximum Gasteiger partial charge on any atom is 0.255 e. The minimum absolute atomic E-state index is 0.0331. The van der Waals surface area contributed by atoms with Crippen molar-refractivity contribution < 1.29 is 14.6 Å². The molecule has 5 heteroatoms. The van der Waals surface area contributed by atoms with Crippen LogP contribution in [0, 0.1) is 0 Å². The van der Waals surface area contributed by atoms with Crippen LogP contribution in [0.5, 0.6) is 11.5 Å². The summed E-state index contributed by atoms with van der Waals surface area (Å²) in [6.07, 6.45) is 0. The van der Waals surface area contributed by atoms with E-state index in [1.165, 1.54) is 19.2 Å². The number of hydrogen-bond acceptors (Lipinski definition) is 3. The number of ether oxygens (including phenoxy) is 1. The average molecular weight is 278 g/mol. The number of carbonyl (C=O) groups excluding carboxylic acids is 1. The Hall–Kier alpha value is -2.20. The second-order valence-corrected chi connectivity index (χ2v) is 4.29. The highest BCUT2D eigenvalue weighted by atomic mass is 35.5. The molecule has 0 heterocycles. The van der Waals surface area contributed by atoms with Gasteiger partial charge in [-0.15, -0.1) is 0 Å². The van der Waals surface area contributed by atoms with Gasteiger partial charge in [0.2, 0.25) is 0 Å². The molecule has 0 saturated heterocycles. The number of methoxy groups -OCH3 is 1. The Balaban J connectivity index is 2.26. The van der Waals surface area contributed by atoms with Gasteiger partial charge in [0.25, 0.3) is 5.91 Å². The Kier molecular flexibility index (Phi) is 3.92. The molecule has 0 aliphatic carbocycles. The Morgan fingerprint density at radius 2 is 2.05 bits per heavy atom. The molecule has 98 valence electrons. The van der Waals surface area contributed by atoms with E-state index < -0.39 is 0 Å². The molecule has 2 rings (SSSR count). The zero-order valence-corrected chi connectivity index (χ0v) is 10.9. The van der Waals surface area contributed by atoms with Crippen LogP contribution in [0.4, 0.5) is 5.69 Å². The van der Waals surface area contributed by atoms with E-state index in [2.05, 4.69) is 5.32 Å². The van der Waals surface area contributed by atoms with Gasteiger partial charge in [-0.1, -0.05) is 17.7 Å². The molecule has 0 saturated carbocycles. The van der Waals surface area contributed by atoms with Crippen LogP contribution in [0.25, 0.3) is 0 Å². The van der Waals surface area contributed by atoms with Crippen LogP contribution in [-0.2, 0) is 0 Å². The summed E-state index contributed by atoms with van der Waals surface area (Å²) in [5.41, 5.74) is 0.824. The van der Waals surface area contributed by atoms with E-state index in [1.807, 2.05) is 0 Å². The van der Waals surface area contributed by atoms with E-state index in [1.54, 1.807) is 30.3 Å². The van der Waals surface area contributed by atoms with Crippen molar-refractivity contribution >= 4 is 23.2 Å². The maximum atomic E-state index is 12.0. The predicted octanol–water partition coefficient (Wildman–Crippen LogP) is 3.31. The highest BCUT2D eigenvalue weighted by Crippen LogP contribution is 2.28. The van der Waals surface area contributed by atoms with Crippen LogP contribution in [0.1, 0.15) is 10.4 Å². The number of nitrogens with one attached hydrogen (secondary N) is 1. The summed E-state index contributed by atoms with van der Waals surface area (Å²) in [5, 5.41) is 12.5. The van der Waals surface area contributed by atoms with Crippen molar-refractivity contribution in [1.29, 1.82) is 0 Å². The molecular formula is C14H12ClNO3. The van der Waals surface area contributed by atoms with Crippen LogP contribution in [0.15, 0.2) is 42.5 Å². The Morgan fingerprint density at radius 3 is 2.74 bits per heavy atom.